The van der Waals surface area contributed by atoms with Crippen molar-refractivity contribution in [1.82, 2.24) is 19.8 Å². The van der Waals surface area contributed by atoms with Gasteiger partial charge in [0.2, 0.25) is 5.90 Å². The normalized spacial score (nSPS) is 14.3. The molecule has 2 heterocycles. The zero-order valence-corrected chi connectivity index (χ0v) is 18.2. The van der Waals surface area contributed by atoms with Crippen molar-refractivity contribution in [3.05, 3.63) is 105 Å². The number of halogens is 3. The van der Waals surface area contributed by atoms with Gasteiger partial charge in [0.15, 0.2) is 0 Å². The molecule has 1 aliphatic rings. The molecule has 0 radical (unpaired) electrons. The van der Waals surface area contributed by atoms with Crippen LogP contribution in [0.1, 0.15) is 32.6 Å². The Balaban J connectivity index is 1.37. The van der Waals surface area contributed by atoms with E-state index >= 15 is 0 Å². The van der Waals surface area contributed by atoms with Crippen molar-refractivity contribution < 1.29 is 22.7 Å². The molecule has 0 N–H and O–H groups in total. The van der Waals surface area contributed by atoms with Crippen LogP contribution in [0.2, 0.25) is 0 Å². The number of cyclic esters (lactones) is 1. The predicted molar refractivity (Wildman–Crippen MR) is 119 cm³/mol. The lowest BCUT2D eigenvalue weighted by molar-refractivity contribution is -0.137. The second-order valence-electron chi connectivity index (χ2n) is 7.85. The van der Waals surface area contributed by atoms with Crippen molar-refractivity contribution in [2.45, 2.75) is 19.6 Å². The predicted octanol–water partition coefficient (Wildman–Crippen LogP) is 4.05. The summed E-state index contributed by atoms with van der Waals surface area (Å²) in [4.78, 5) is 29.2. The van der Waals surface area contributed by atoms with Gasteiger partial charge in [-0.05, 0) is 70.9 Å². The minimum atomic E-state index is -4.47. The number of ether oxygens (including phenoxy) is 1. The van der Waals surface area contributed by atoms with Crippen LogP contribution in [0.15, 0.2) is 76.5 Å². The van der Waals surface area contributed by atoms with Crippen molar-refractivity contribution in [3.63, 3.8) is 0 Å². The molecule has 1 aliphatic heterocycles. The van der Waals surface area contributed by atoms with Gasteiger partial charge in [-0.2, -0.15) is 22.5 Å². The van der Waals surface area contributed by atoms with Crippen LogP contribution in [0.4, 0.5) is 18.9 Å². The Kier molecular flexibility index (Phi) is 5.31. The highest BCUT2D eigenvalue weighted by atomic mass is 19.4. The Labute approximate surface area is 195 Å². The summed E-state index contributed by atoms with van der Waals surface area (Å²) in [6.07, 6.45) is -4.47. The summed E-state index contributed by atoms with van der Waals surface area (Å²) < 4.78 is 45.6. The first-order valence-corrected chi connectivity index (χ1v) is 10.4. The molecule has 11 heteroatoms. The number of esters is 1. The van der Waals surface area contributed by atoms with E-state index in [0.29, 0.717) is 16.8 Å². The van der Waals surface area contributed by atoms with Gasteiger partial charge in [-0.15, -0.1) is 0 Å². The molecule has 3 aromatic carbocycles. The second-order valence-corrected chi connectivity index (χ2v) is 7.85. The fraction of sp³-hybridized carbons (Fsp3) is 0.125. The van der Waals surface area contributed by atoms with Crippen LogP contribution in [-0.2, 0) is 17.5 Å². The van der Waals surface area contributed by atoms with Crippen molar-refractivity contribution >= 4 is 17.6 Å². The monoisotopic (exact) mass is 479 g/mol. The number of hydrogen-bond donors (Lipinski definition) is 0. The van der Waals surface area contributed by atoms with Gasteiger partial charge < -0.3 is 4.74 Å². The molecular formula is C24H16F3N5O3. The van der Waals surface area contributed by atoms with Crippen molar-refractivity contribution in [2.75, 3.05) is 0 Å². The van der Waals surface area contributed by atoms with Crippen LogP contribution in [0.3, 0.4) is 0 Å². The Morgan fingerprint density at radius 1 is 0.943 bits per heavy atom. The number of alkyl halides is 3. The largest absolute Gasteiger partial charge is 0.416 e. The molecule has 0 saturated carbocycles. The maximum Gasteiger partial charge on any atom is 0.416 e. The summed E-state index contributed by atoms with van der Waals surface area (Å²) in [5.41, 5.74) is 1.92. The molecule has 0 fully saturated rings. The SMILES string of the molecule is Cc1cc(Cn2nnn(-c3ccc(C(F)(F)F)cc3)c2=O)ccc1N=C1OC(=O)c2ccccc21. The number of aliphatic imine (C=N–C) groups is 1. The third-order valence-electron chi connectivity index (χ3n) is 5.46. The molecule has 0 unspecified atom stereocenters. The van der Waals surface area contributed by atoms with E-state index in [9.17, 15) is 22.8 Å². The van der Waals surface area contributed by atoms with E-state index in [4.69, 9.17) is 4.74 Å². The van der Waals surface area contributed by atoms with E-state index in [2.05, 4.69) is 15.4 Å². The molecule has 0 spiro atoms. The minimum absolute atomic E-state index is 0.0922. The number of aromatic nitrogens is 4. The summed E-state index contributed by atoms with van der Waals surface area (Å²) in [5, 5.41) is 7.61. The number of fused-ring (bicyclic) bond motifs is 1. The van der Waals surface area contributed by atoms with Crippen LogP contribution >= 0.6 is 0 Å². The summed E-state index contributed by atoms with van der Waals surface area (Å²) in [5.74, 6) is -0.235. The third kappa shape index (κ3) is 4.23. The smallest absolute Gasteiger partial charge is 0.403 e. The number of nitrogens with zero attached hydrogens (tertiary/aromatic N) is 5. The zero-order chi connectivity index (χ0) is 24.7. The zero-order valence-electron chi connectivity index (χ0n) is 18.2. The lowest BCUT2D eigenvalue weighted by atomic mass is 10.1. The maximum atomic E-state index is 12.8. The number of aryl methyl sites for hydroxylation is 1. The second kappa shape index (κ2) is 8.35. The van der Waals surface area contributed by atoms with Gasteiger partial charge >= 0.3 is 17.8 Å². The highest BCUT2D eigenvalue weighted by Crippen LogP contribution is 2.29. The summed E-state index contributed by atoms with van der Waals surface area (Å²) in [6.45, 7) is 1.92. The molecule has 176 valence electrons. The first-order chi connectivity index (χ1) is 16.7. The molecule has 0 bridgehead atoms. The number of benzene rings is 3. The Morgan fingerprint density at radius 2 is 1.66 bits per heavy atom. The average Bonchev–Trinajstić information content (AvgIpc) is 3.35. The van der Waals surface area contributed by atoms with Crippen molar-refractivity contribution in [1.29, 1.82) is 0 Å². The maximum absolute atomic E-state index is 12.8. The number of carbonyl (C=O) groups excluding carboxylic acids is 1. The molecule has 0 saturated heterocycles. The summed E-state index contributed by atoms with van der Waals surface area (Å²) in [6, 6.07) is 16.4. The summed E-state index contributed by atoms with van der Waals surface area (Å²) >= 11 is 0. The molecular weight excluding hydrogens is 463 g/mol. The van der Waals surface area contributed by atoms with Crippen LogP contribution < -0.4 is 5.69 Å². The topological polar surface area (TPSA) is 91.4 Å². The molecule has 8 nitrogen and oxygen atoms in total. The average molecular weight is 479 g/mol. The lowest BCUT2D eigenvalue weighted by Crippen LogP contribution is -2.24. The highest BCUT2D eigenvalue weighted by molar-refractivity contribution is 6.17. The van der Waals surface area contributed by atoms with E-state index in [-0.39, 0.29) is 18.1 Å². The van der Waals surface area contributed by atoms with E-state index in [1.54, 1.807) is 36.4 Å². The molecule has 0 atom stereocenters. The first kappa shape index (κ1) is 22.3. The fourth-order valence-corrected chi connectivity index (χ4v) is 3.68. The van der Waals surface area contributed by atoms with Crippen LogP contribution in [0.5, 0.6) is 0 Å². The molecule has 4 aromatic rings. The Hall–Kier alpha value is -4.54. The Bertz CT molecular complexity index is 1540. The quantitative estimate of drug-likeness (QED) is 0.412. The van der Waals surface area contributed by atoms with Gasteiger partial charge in [-0.1, -0.05) is 24.3 Å². The lowest BCUT2D eigenvalue weighted by Gasteiger charge is -2.07. The third-order valence-corrected chi connectivity index (χ3v) is 5.46. The van der Waals surface area contributed by atoms with Gasteiger partial charge in [-0.25, -0.2) is 14.6 Å². The van der Waals surface area contributed by atoms with E-state index in [1.165, 1.54) is 0 Å². The number of hydrogen-bond acceptors (Lipinski definition) is 6. The van der Waals surface area contributed by atoms with Crippen LogP contribution in [0.25, 0.3) is 5.69 Å². The van der Waals surface area contributed by atoms with E-state index < -0.39 is 23.4 Å². The van der Waals surface area contributed by atoms with Gasteiger partial charge in [0.25, 0.3) is 0 Å². The molecule has 0 aliphatic carbocycles. The number of rotatable bonds is 4. The standard InChI is InChI=1S/C24H16F3N5O3/c1-14-12-15(6-11-20(14)28-21-18-4-2-3-5-19(18)22(33)35-21)13-31-23(34)32(30-29-31)17-9-7-16(8-10-17)24(25,26)27/h2-12H,13H2,1H3. The number of tetrazole rings is 1. The minimum Gasteiger partial charge on any atom is -0.403 e. The van der Waals surface area contributed by atoms with Gasteiger partial charge in [0, 0.05) is 0 Å². The Morgan fingerprint density at radius 3 is 2.34 bits per heavy atom. The highest BCUT2D eigenvalue weighted by Gasteiger charge is 2.30. The first-order valence-electron chi connectivity index (χ1n) is 10.4. The van der Waals surface area contributed by atoms with Crippen LogP contribution in [0, 0.1) is 6.92 Å². The number of carbonyl (C=O) groups is 1. The van der Waals surface area contributed by atoms with Crippen molar-refractivity contribution in [3.8, 4) is 5.69 Å². The van der Waals surface area contributed by atoms with Gasteiger partial charge in [-0.3, -0.25) is 0 Å². The molecule has 5 rings (SSSR count). The molecule has 35 heavy (non-hydrogen) atoms. The van der Waals surface area contributed by atoms with Gasteiger partial charge in [0.05, 0.1) is 34.6 Å². The molecule has 0 amide bonds. The van der Waals surface area contributed by atoms with E-state index in [0.717, 1.165) is 44.8 Å². The van der Waals surface area contributed by atoms with Crippen LogP contribution in [-0.4, -0.2) is 31.7 Å². The van der Waals surface area contributed by atoms with Gasteiger partial charge in [0.1, 0.15) is 0 Å². The van der Waals surface area contributed by atoms with E-state index in [1.807, 2.05) is 13.0 Å². The molecule has 1 aromatic heterocycles. The van der Waals surface area contributed by atoms with Crippen molar-refractivity contribution in [2.24, 2.45) is 4.99 Å². The summed E-state index contributed by atoms with van der Waals surface area (Å²) in [7, 11) is 0. The fourth-order valence-electron chi connectivity index (χ4n) is 3.68.